The van der Waals surface area contributed by atoms with E-state index < -0.39 is 0 Å². The first-order valence-electron chi connectivity index (χ1n) is 9.35. The van der Waals surface area contributed by atoms with Crippen molar-refractivity contribution in [2.24, 2.45) is 0 Å². The molecule has 7 nitrogen and oxygen atoms in total. The number of amides is 1. The minimum absolute atomic E-state index is 0.144. The molecule has 4 rings (SSSR count). The lowest BCUT2D eigenvalue weighted by Gasteiger charge is -2.04. The van der Waals surface area contributed by atoms with Gasteiger partial charge in [-0.2, -0.15) is 4.68 Å². The number of thioether (sulfide) groups is 1. The van der Waals surface area contributed by atoms with Gasteiger partial charge in [0, 0.05) is 17.5 Å². The van der Waals surface area contributed by atoms with Crippen LogP contribution in [0, 0.1) is 13.8 Å². The number of benzene rings is 2. The molecule has 0 bridgehead atoms. The maximum Gasteiger partial charge on any atom is 0.236 e. The van der Waals surface area contributed by atoms with Crippen molar-refractivity contribution in [3.05, 3.63) is 76.3 Å². The van der Waals surface area contributed by atoms with E-state index in [4.69, 9.17) is 0 Å². The molecule has 0 aliphatic rings. The highest BCUT2D eigenvalue weighted by molar-refractivity contribution is 7.99. The van der Waals surface area contributed by atoms with E-state index in [0.717, 1.165) is 22.5 Å². The van der Waals surface area contributed by atoms with Crippen LogP contribution in [0.1, 0.15) is 21.6 Å². The summed E-state index contributed by atoms with van der Waals surface area (Å²) in [4.78, 5) is 17.8. The first-order chi connectivity index (χ1) is 14.6. The summed E-state index contributed by atoms with van der Waals surface area (Å²) in [6, 6.07) is 16.3. The predicted octanol–water partition coefficient (Wildman–Crippen LogP) is 4.06. The van der Waals surface area contributed by atoms with E-state index in [0.29, 0.717) is 10.3 Å². The number of aryl methyl sites for hydroxylation is 2. The van der Waals surface area contributed by atoms with E-state index in [1.54, 1.807) is 4.68 Å². The van der Waals surface area contributed by atoms with Crippen molar-refractivity contribution in [1.29, 1.82) is 0 Å². The normalized spacial score (nSPS) is 10.9. The average Bonchev–Trinajstić information content (AvgIpc) is 3.36. The van der Waals surface area contributed by atoms with Crippen LogP contribution in [0.4, 0.5) is 5.13 Å². The molecule has 30 heavy (non-hydrogen) atoms. The van der Waals surface area contributed by atoms with Gasteiger partial charge < -0.3 is 5.32 Å². The second kappa shape index (κ2) is 9.19. The Morgan fingerprint density at radius 3 is 2.77 bits per heavy atom. The van der Waals surface area contributed by atoms with Crippen molar-refractivity contribution in [2.45, 2.75) is 25.4 Å². The molecule has 9 heteroatoms. The predicted molar refractivity (Wildman–Crippen MR) is 119 cm³/mol. The van der Waals surface area contributed by atoms with Crippen LogP contribution in [0.25, 0.3) is 5.69 Å². The molecular formula is C21H20N6OS2. The molecule has 2 aromatic carbocycles. The second-order valence-electron chi connectivity index (χ2n) is 6.84. The number of rotatable bonds is 7. The van der Waals surface area contributed by atoms with E-state index in [9.17, 15) is 4.79 Å². The van der Waals surface area contributed by atoms with Gasteiger partial charge in [-0.05, 0) is 42.0 Å². The van der Waals surface area contributed by atoms with Gasteiger partial charge in [0.25, 0.3) is 0 Å². The van der Waals surface area contributed by atoms with Crippen LogP contribution in [0.5, 0.6) is 0 Å². The zero-order valence-corrected chi connectivity index (χ0v) is 18.2. The summed E-state index contributed by atoms with van der Waals surface area (Å²) in [6.07, 6.45) is 2.61. The summed E-state index contributed by atoms with van der Waals surface area (Å²) in [6.45, 7) is 4.10. The minimum Gasteiger partial charge on any atom is -0.301 e. The van der Waals surface area contributed by atoms with Gasteiger partial charge in [-0.3, -0.25) is 4.79 Å². The molecule has 4 aromatic rings. The van der Waals surface area contributed by atoms with Gasteiger partial charge in [-0.15, -0.1) is 16.4 Å². The molecule has 2 heterocycles. The van der Waals surface area contributed by atoms with Gasteiger partial charge in [0.1, 0.15) is 0 Å². The van der Waals surface area contributed by atoms with Crippen molar-refractivity contribution in [1.82, 2.24) is 25.2 Å². The monoisotopic (exact) mass is 436 g/mol. The Morgan fingerprint density at radius 1 is 1.13 bits per heavy atom. The van der Waals surface area contributed by atoms with Crippen molar-refractivity contribution in [2.75, 3.05) is 11.1 Å². The van der Waals surface area contributed by atoms with Gasteiger partial charge in [0.15, 0.2) is 5.13 Å². The lowest BCUT2D eigenvalue weighted by molar-refractivity contribution is -0.113. The fraction of sp³-hybridized carbons (Fsp3) is 0.190. The third-order valence-electron chi connectivity index (χ3n) is 4.31. The van der Waals surface area contributed by atoms with Crippen LogP contribution in [-0.2, 0) is 11.2 Å². The fourth-order valence-electron chi connectivity index (χ4n) is 2.87. The number of anilines is 1. The largest absolute Gasteiger partial charge is 0.301 e. The van der Waals surface area contributed by atoms with Crippen molar-refractivity contribution < 1.29 is 4.79 Å². The molecule has 0 saturated heterocycles. The van der Waals surface area contributed by atoms with Crippen LogP contribution >= 0.6 is 23.1 Å². The highest BCUT2D eigenvalue weighted by Crippen LogP contribution is 2.23. The Kier molecular flexibility index (Phi) is 6.20. The Balaban J connectivity index is 1.33. The number of tetrazole rings is 1. The first-order valence-corrected chi connectivity index (χ1v) is 11.2. The van der Waals surface area contributed by atoms with Crippen molar-refractivity contribution in [3.63, 3.8) is 0 Å². The zero-order chi connectivity index (χ0) is 20.9. The maximum atomic E-state index is 12.4. The van der Waals surface area contributed by atoms with E-state index in [-0.39, 0.29) is 11.7 Å². The molecule has 0 aliphatic heterocycles. The quantitative estimate of drug-likeness (QED) is 0.440. The molecule has 2 aromatic heterocycles. The van der Waals surface area contributed by atoms with Gasteiger partial charge in [0.2, 0.25) is 11.1 Å². The molecule has 1 N–H and O–H groups in total. The number of carbonyl (C=O) groups excluding carboxylic acids is 1. The summed E-state index contributed by atoms with van der Waals surface area (Å²) >= 11 is 2.77. The van der Waals surface area contributed by atoms with Gasteiger partial charge in [-0.25, -0.2) is 4.98 Å². The molecule has 0 unspecified atom stereocenters. The number of hydrogen-bond acceptors (Lipinski definition) is 7. The summed E-state index contributed by atoms with van der Waals surface area (Å²) in [5, 5.41) is 15.8. The third-order valence-corrected chi connectivity index (χ3v) is 6.14. The first kappa shape index (κ1) is 20.2. The van der Waals surface area contributed by atoms with Crippen LogP contribution in [0.2, 0.25) is 0 Å². The van der Waals surface area contributed by atoms with Crippen LogP contribution in [0.3, 0.4) is 0 Å². The van der Waals surface area contributed by atoms with Gasteiger partial charge in [0.05, 0.1) is 11.4 Å². The number of nitrogens with one attached hydrogen (secondary N) is 1. The highest BCUT2D eigenvalue weighted by atomic mass is 32.2. The Hall–Kier alpha value is -3.04. The second-order valence-corrected chi connectivity index (χ2v) is 8.90. The summed E-state index contributed by atoms with van der Waals surface area (Å²) in [5.41, 5.74) is 4.48. The van der Waals surface area contributed by atoms with Crippen molar-refractivity contribution in [3.8, 4) is 5.69 Å². The molecule has 0 radical (unpaired) electrons. The van der Waals surface area contributed by atoms with Crippen LogP contribution < -0.4 is 5.32 Å². The van der Waals surface area contributed by atoms with Gasteiger partial charge in [-0.1, -0.05) is 59.3 Å². The summed E-state index contributed by atoms with van der Waals surface area (Å²) in [5.74, 6) is 0.0499. The number of hydrogen-bond donors (Lipinski definition) is 1. The summed E-state index contributed by atoms with van der Waals surface area (Å²) in [7, 11) is 0. The fourth-order valence-corrected chi connectivity index (χ4v) is 4.43. The third kappa shape index (κ3) is 5.11. The Bertz CT molecular complexity index is 1150. The Labute approximate surface area is 182 Å². The standard InChI is InChI=1S/C21H20N6OS2/c1-14-6-8-17(9-7-14)27-21(24-25-26-27)29-13-19(28)23-20-22-12-18(30-20)11-16-5-3-4-15(2)10-16/h3-10,12H,11,13H2,1-2H3,(H,22,23,28). The Morgan fingerprint density at radius 2 is 1.97 bits per heavy atom. The molecule has 0 saturated carbocycles. The highest BCUT2D eigenvalue weighted by Gasteiger charge is 2.13. The summed E-state index contributed by atoms with van der Waals surface area (Å²) < 4.78 is 1.63. The molecular weight excluding hydrogens is 416 g/mol. The molecule has 152 valence electrons. The zero-order valence-electron chi connectivity index (χ0n) is 16.6. The van der Waals surface area contributed by atoms with E-state index in [2.05, 4.69) is 57.0 Å². The lowest BCUT2D eigenvalue weighted by atomic mass is 10.1. The number of thiazole rings is 1. The topological polar surface area (TPSA) is 85.6 Å². The number of carbonyl (C=O) groups is 1. The SMILES string of the molecule is Cc1ccc(-n2nnnc2SCC(=O)Nc2ncc(Cc3cccc(C)c3)s2)cc1. The van der Waals surface area contributed by atoms with Crippen molar-refractivity contribution >= 4 is 34.1 Å². The van der Waals surface area contributed by atoms with E-state index in [1.807, 2.05) is 37.4 Å². The lowest BCUT2D eigenvalue weighted by Crippen LogP contribution is -2.14. The number of aromatic nitrogens is 5. The molecule has 1 amide bonds. The van der Waals surface area contributed by atoms with Crippen LogP contribution in [0.15, 0.2) is 59.9 Å². The number of nitrogens with zero attached hydrogens (tertiary/aromatic N) is 5. The molecule has 0 fully saturated rings. The van der Waals surface area contributed by atoms with E-state index >= 15 is 0 Å². The molecule has 0 aliphatic carbocycles. The molecule has 0 atom stereocenters. The van der Waals surface area contributed by atoms with Crippen LogP contribution in [-0.4, -0.2) is 36.9 Å². The molecule has 0 spiro atoms. The minimum atomic E-state index is -0.144. The smallest absolute Gasteiger partial charge is 0.236 e. The average molecular weight is 437 g/mol. The van der Waals surface area contributed by atoms with Gasteiger partial charge >= 0.3 is 0 Å². The maximum absolute atomic E-state index is 12.4. The van der Waals surface area contributed by atoms with E-state index in [1.165, 1.54) is 34.2 Å².